The van der Waals surface area contributed by atoms with Gasteiger partial charge in [0.25, 0.3) is 5.91 Å². The van der Waals surface area contributed by atoms with Gasteiger partial charge in [0.15, 0.2) is 0 Å². The van der Waals surface area contributed by atoms with E-state index < -0.39 is 0 Å². The Bertz CT molecular complexity index is 832. The average molecular weight is 365 g/mol. The first-order chi connectivity index (χ1) is 12.9. The van der Waals surface area contributed by atoms with Crippen LogP contribution in [0.4, 0.5) is 11.4 Å². The Labute approximate surface area is 158 Å². The van der Waals surface area contributed by atoms with Gasteiger partial charge in [0.1, 0.15) is 0 Å². The number of hydrogen-bond donors (Lipinski definition) is 2. The van der Waals surface area contributed by atoms with Gasteiger partial charge < -0.3 is 15.5 Å². The van der Waals surface area contributed by atoms with Gasteiger partial charge in [-0.1, -0.05) is 18.2 Å². The van der Waals surface area contributed by atoms with Gasteiger partial charge in [0, 0.05) is 35.9 Å². The molecule has 1 atom stereocenters. The Kier molecular flexibility index (Phi) is 5.54. The van der Waals surface area contributed by atoms with E-state index in [9.17, 15) is 14.4 Å². The molecule has 0 radical (unpaired) electrons. The predicted molar refractivity (Wildman–Crippen MR) is 104 cm³/mol. The molecule has 0 spiro atoms. The molecule has 2 N–H and O–H groups in total. The number of rotatable bonds is 5. The summed E-state index contributed by atoms with van der Waals surface area (Å²) in [4.78, 5) is 38.3. The Hall–Kier alpha value is -3.15. The van der Waals surface area contributed by atoms with Gasteiger partial charge in [-0.15, -0.1) is 0 Å². The molecule has 3 rings (SSSR count). The van der Waals surface area contributed by atoms with Gasteiger partial charge in [-0.3, -0.25) is 14.4 Å². The van der Waals surface area contributed by atoms with E-state index in [4.69, 9.17) is 0 Å². The summed E-state index contributed by atoms with van der Waals surface area (Å²) in [6.45, 7) is 4.33. The fourth-order valence-electron chi connectivity index (χ4n) is 3.08. The van der Waals surface area contributed by atoms with Crippen molar-refractivity contribution in [2.75, 3.05) is 17.2 Å². The summed E-state index contributed by atoms with van der Waals surface area (Å²) >= 11 is 0. The van der Waals surface area contributed by atoms with Crippen molar-refractivity contribution in [2.45, 2.75) is 26.3 Å². The number of nitrogens with one attached hydrogen (secondary N) is 2. The first-order valence-electron chi connectivity index (χ1n) is 9.01. The molecule has 2 aromatic rings. The van der Waals surface area contributed by atoms with Gasteiger partial charge in [-0.05, 0) is 50.2 Å². The molecule has 1 heterocycles. The molecule has 140 valence electrons. The molecule has 0 bridgehead atoms. The van der Waals surface area contributed by atoms with E-state index in [1.54, 1.807) is 29.2 Å². The van der Waals surface area contributed by atoms with Crippen molar-refractivity contribution in [3.05, 3.63) is 60.2 Å². The van der Waals surface area contributed by atoms with Crippen molar-refractivity contribution in [1.29, 1.82) is 0 Å². The van der Waals surface area contributed by atoms with Gasteiger partial charge in [0.05, 0.1) is 5.92 Å². The lowest BCUT2D eigenvalue weighted by atomic mass is 10.1. The van der Waals surface area contributed by atoms with Crippen LogP contribution in [0.3, 0.4) is 0 Å². The Morgan fingerprint density at radius 2 is 1.59 bits per heavy atom. The highest BCUT2D eigenvalue weighted by Crippen LogP contribution is 2.22. The third-order valence-corrected chi connectivity index (χ3v) is 4.60. The minimum atomic E-state index is -0.346. The molecule has 0 aliphatic carbocycles. The molecular formula is C21H23N3O3. The number of nitrogens with zero attached hydrogens (tertiary/aromatic N) is 1. The highest BCUT2D eigenvalue weighted by atomic mass is 16.2. The maximum atomic E-state index is 12.4. The molecule has 6 nitrogen and oxygen atoms in total. The lowest BCUT2D eigenvalue weighted by Gasteiger charge is -2.20. The highest BCUT2D eigenvalue weighted by molar-refractivity contribution is 6.04. The Balaban J connectivity index is 1.58. The van der Waals surface area contributed by atoms with E-state index in [1.165, 1.54) is 0 Å². The van der Waals surface area contributed by atoms with E-state index >= 15 is 0 Å². The molecule has 1 saturated heterocycles. The Morgan fingerprint density at radius 1 is 0.963 bits per heavy atom. The highest BCUT2D eigenvalue weighted by Gasteiger charge is 2.35. The number of carbonyl (C=O) groups excluding carboxylic acids is 3. The topological polar surface area (TPSA) is 78.5 Å². The number of carbonyl (C=O) groups is 3. The van der Waals surface area contributed by atoms with Crippen molar-refractivity contribution in [2.24, 2.45) is 5.92 Å². The SMILES string of the molecule is CC(C)N1CC(C(=O)Nc2ccc(C(=O)Nc3ccccc3)cc2)CC1=O. The molecule has 1 unspecified atom stereocenters. The van der Waals surface area contributed by atoms with Crippen molar-refractivity contribution in [3.63, 3.8) is 0 Å². The number of amides is 3. The fourth-order valence-corrected chi connectivity index (χ4v) is 3.08. The third kappa shape index (κ3) is 4.53. The van der Waals surface area contributed by atoms with E-state index in [-0.39, 0.29) is 36.1 Å². The number of benzene rings is 2. The predicted octanol–water partition coefficient (Wildman–Crippen LogP) is 3.13. The smallest absolute Gasteiger partial charge is 0.255 e. The van der Waals surface area contributed by atoms with Crippen LogP contribution in [0.1, 0.15) is 30.6 Å². The molecule has 27 heavy (non-hydrogen) atoms. The first kappa shape index (κ1) is 18.6. The lowest BCUT2D eigenvalue weighted by Crippen LogP contribution is -2.33. The van der Waals surface area contributed by atoms with E-state index in [0.29, 0.717) is 17.8 Å². The van der Waals surface area contributed by atoms with Crippen LogP contribution in [0.2, 0.25) is 0 Å². The van der Waals surface area contributed by atoms with Crippen LogP contribution in [-0.4, -0.2) is 35.2 Å². The van der Waals surface area contributed by atoms with Crippen LogP contribution in [0, 0.1) is 5.92 Å². The summed E-state index contributed by atoms with van der Waals surface area (Å²) in [6, 6.07) is 16.0. The molecule has 1 fully saturated rings. The molecule has 0 aromatic heterocycles. The maximum absolute atomic E-state index is 12.4. The number of likely N-dealkylation sites (tertiary alicyclic amines) is 1. The molecular weight excluding hydrogens is 342 g/mol. The summed E-state index contributed by atoms with van der Waals surface area (Å²) in [5.41, 5.74) is 1.83. The molecule has 0 saturated carbocycles. The zero-order valence-corrected chi connectivity index (χ0v) is 15.4. The lowest BCUT2D eigenvalue weighted by molar-refractivity contribution is -0.129. The van der Waals surface area contributed by atoms with Crippen molar-refractivity contribution in [3.8, 4) is 0 Å². The largest absolute Gasteiger partial charge is 0.339 e. The second-order valence-electron chi connectivity index (χ2n) is 6.93. The summed E-state index contributed by atoms with van der Waals surface area (Å²) in [5, 5.41) is 5.64. The molecule has 1 aliphatic rings. The zero-order chi connectivity index (χ0) is 19.4. The van der Waals surface area contributed by atoms with Crippen LogP contribution in [0.25, 0.3) is 0 Å². The van der Waals surface area contributed by atoms with Gasteiger partial charge in [-0.25, -0.2) is 0 Å². The minimum Gasteiger partial charge on any atom is -0.339 e. The number of hydrogen-bond acceptors (Lipinski definition) is 3. The second kappa shape index (κ2) is 8.03. The minimum absolute atomic E-state index is 0.0121. The summed E-state index contributed by atoms with van der Waals surface area (Å²) < 4.78 is 0. The molecule has 1 aliphatic heterocycles. The van der Waals surface area contributed by atoms with Crippen LogP contribution in [0.5, 0.6) is 0 Å². The fraction of sp³-hybridized carbons (Fsp3) is 0.286. The third-order valence-electron chi connectivity index (χ3n) is 4.60. The maximum Gasteiger partial charge on any atom is 0.255 e. The van der Waals surface area contributed by atoms with Gasteiger partial charge in [-0.2, -0.15) is 0 Å². The average Bonchev–Trinajstić information content (AvgIpc) is 3.05. The van der Waals surface area contributed by atoms with Crippen molar-refractivity contribution in [1.82, 2.24) is 4.90 Å². The Morgan fingerprint density at radius 3 is 2.19 bits per heavy atom. The molecule has 2 aromatic carbocycles. The zero-order valence-electron chi connectivity index (χ0n) is 15.4. The normalized spacial score (nSPS) is 16.5. The second-order valence-corrected chi connectivity index (χ2v) is 6.93. The van der Waals surface area contributed by atoms with Gasteiger partial charge in [0.2, 0.25) is 11.8 Å². The van der Waals surface area contributed by atoms with Crippen LogP contribution < -0.4 is 10.6 Å². The number of para-hydroxylation sites is 1. The van der Waals surface area contributed by atoms with E-state index in [2.05, 4.69) is 10.6 Å². The standard InChI is InChI=1S/C21H23N3O3/c1-14(2)24-13-16(12-19(24)25)21(27)23-18-10-8-15(9-11-18)20(26)22-17-6-4-3-5-7-17/h3-11,14,16H,12-13H2,1-2H3,(H,22,26)(H,23,27). The number of anilines is 2. The van der Waals surface area contributed by atoms with Gasteiger partial charge >= 0.3 is 0 Å². The van der Waals surface area contributed by atoms with Crippen LogP contribution in [-0.2, 0) is 9.59 Å². The summed E-state index contributed by atoms with van der Waals surface area (Å²) in [5.74, 6) is -0.722. The monoisotopic (exact) mass is 365 g/mol. The molecule has 3 amide bonds. The van der Waals surface area contributed by atoms with Crippen molar-refractivity contribution >= 4 is 29.1 Å². The van der Waals surface area contributed by atoms with Crippen LogP contribution >= 0.6 is 0 Å². The summed E-state index contributed by atoms with van der Waals surface area (Å²) in [7, 11) is 0. The van der Waals surface area contributed by atoms with E-state index in [0.717, 1.165) is 5.69 Å². The van der Waals surface area contributed by atoms with E-state index in [1.807, 2.05) is 44.2 Å². The summed E-state index contributed by atoms with van der Waals surface area (Å²) in [6.07, 6.45) is 0.238. The molecule has 6 heteroatoms. The first-order valence-corrected chi connectivity index (χ1v) is 9.01. The van der Waals surface area contributed by atoms with Crippen LogP contribution in [0.15, 0.2) is 54.6 Å². The quantitative estimate of drug-likeness (QED) is 0.854. The van der Waals surface area contributed by atoms with Crippen molar-refractivity contribution < 1.29 is 14.4 Å².